The SMILES string of the molecule is C=C1CC(NC(=O)n2c(=O)n(C(C)C)c3ccccc32)CC(C)N1CCCOCN1CCN(C)CC1. The van der Waals surface area contributed by atoms with Gasteiger partial charge in [-0.3, -0.25) is 9.47 Å². The number of ether oxygens (including phenoxy) is 1. The Morgan fingerprint density at radius 3 is 2.53 bits per heavy atom. The highest BCUT2D eigenvalue weighted by molar-refractivity contribution is 5.89. The zero-order chi connectivity index (χ0) is 25.8. The topological polar surface area (TPSA) is 75.0 Å². The number of likely N-dealkylation sites (tertiary alicyclic amines) is 1. The van der Waals surface area contributed by atoms with E-state index in [0.717, 1.165) is 63.4 Å². The second-order valence-electron chi connectivity index (χ2n) is 10.6. The molecule has 0 aliphatic carbocycles. The number of imidazole rings is 1. The summed E-state index contributed by atoms with van der Waals surface area (Å²) in [7, 11) is 2.16. The second kappa shape index (κ2) is 11.6. The summed E-state index contributed by atoms with van der Waals surface area (Å²) in [5.41, 5.74) is 2.13. The Labute approximate surface area is 214 Å². The molecule has 0 saturated carbocycles. The van der Waals surface area contributed by atoms with Crippen LogP contribution in [-0.4, -0.2) is 95.1 Å². The van der Waals surface area contributed by atoms with Gasteiger partial charge in [0.05, 0.1) is 24.4 Å². The molecule has 1 aromatic carbocycles. The highest BCUT2D eigenvalue weighted by Gasteiger charge is 2.30. The predicted octanol–water partition coefficient (Wildman–Crippen LogP) is 2.92. The van der Waals surface area contributed by atoms with Crippen LogP contribution in [0.3, 0.4) is 0 Å². The maximum absolute atomic E-state index is 13.2. The van der Waals surface area contributed by atoms with Gasteiger partial charge in [-0.15, -0.1) is 0 Å². The fourth-order valence-electron chi connectivity index (χ4n) is 5.44. The summed E-state index contributed by atoms with van der Waals surface area (Å²) in [5, 5.41) is 3.11. The molecule has 2 unspecified atom stereocenters. The standard InChI is InChI=1S/C27H42N6O3/c1-20(2)32-24-9-6-7-10-25(24)33(27(32)35)26(34)28-23-17-21(3)31(22(4)18-23)11-8-16-36-19-30-14-12-29(5)13-15-30/h6-7,9-10,20,22-23H,3,8,11-19H2,1-2,4-5H3,(H,28,34). The van der Waals surface area contributed by atoms with Crippen molar-refractivity contribution in [1.29, 1.82) is 0 Å². The number of hydrogen-bond donors (Lipinski definition) is 1. The molecule has 1 amide bonds. The summed E-state index contributed by atoms with van der Waals surface area (Å²) >= 11 is 0. The Morgan fingerprint density at radius 2 is 1.86 bits per heavy atom. The van der Waals surface area contributed by atoms with Crippen molar-refractivity contribution >= 4 is 17.1 Å². The molecule has 1 N–H and O–H groups in total. The average molecular weight is 499 g/mol. The maximum atomic E-state index is 13.2. The molecule has 2 aliphatic rings. The highest BCUT2D eigenvalue weighted by atomic mass is 16.5. The number of benzene rings is 1. The van der Waals surface area contributed by atoms with E-state index < -0.39 is 0 Å². The van der Waals surface area contributed by atoms with E-state index in [9.17, 15) is 9.59 Å². The number of hydrogen-bond acceptors (Lipinski definition) is 6. The van der Waals surface area contributed by atoms with E-state index >= 15 is 0 Å². The minimum absolute atomic E-state index is 0.0370. The molecule has 198 valence electrons. The number of amides is 1. The first-order valence-corrected chi connectivity index (χ1v) is 13.2. The lowest BCUT2D eigenvalue weighted by Crippen LogP contribution is -2.50. The maximum Gasteiger partial charge on any atom is 0.337 e. The first-order chi connectivity index (χ1) is 17.3. The van der Waals surface area contributed by atoms with Crippen molar-refractivity contribution in [3.05, 3.63) is 47.0 Å². The molecule has 36 heavy (non-hydrogen) atoms. The monoisotopic (exact) mass is 498 g/mol. The Balaban J connectivity index is 1.28. The van der Waals surface area contributed by atoms with E-state index in [4.69, 9.17) is 4.74 Å². The molecular weight excluding hydrogens is 456 g/mol. The van der Waals surface area contributed by atoms with Gasteiger partial charge in [0.1, 0.15) is 0 Å². The van der Waals surface area contributed by atoms with Crippen LogP contribution >= 0.6 is 0 Å². The summed E-state index contributed by atoms with van der Waals surface area (Å²) in [5.74, 6) is 0. The molecule has 1 aromatic heterocycles. The average Bonchev–Trinajstić information content (AvgIpc) is 3.13. The molecule has 2 saturated heterocycles. The summed E-state index contributed by atoms with van der Waals surface area (Å²) in [4.78, 5) is 33.4. The summed E-state index contributed by atoms with van der Waals surface area (Å²) in [6.07, 6.45) is 2.43. The Hall–Kier alpha value is -2.62. The van der Waals surface area contributed by atoms with Crippen LogP contribution in [0.4, 0.5) is 4.79 Å². The zero-order valence-corrected chi connectivity index (χ0v) is 22.3. The highest BCUT2D eigenvalue weighted by Crippen LogP contribution is 2.25. The molecule has 0 radical (unpaired) electrons. The third-order valence-corrected chi connectivity index (χ3v) is 7.43. The van der Waals surface area contributed by atoms with E-state index in [2.05, 4.69) is 40.6 Å². The van der Waals surface area contributed by atoms with Gasteiger partial charge in [-0.25, -0.2) is 14.2 Å². The molecule has 9 heteroatoms. The normalized spacial score (nSPS) is 22.0. The van der Waals surface area contributed by atoms with Crippen molar-refractivity contribution in [2.75, 3.05) is 53.1 Å². The van der Waals surface area contributed by atoms with E-state index in [1.807, 2.05) is 38.1 Å². The van der Waals surface area contributed by atoms with Gasteiger partial charge >= 0.3 is 11.7 Å². The van der Waals surface area contributed by atoms with Crippen molar-refractivity contribution in [2.45, 2.75) is 58.2 Å². The van der Waals surface area contributed by atoms with Crippen LogP contribution in [0.1, 0.15) is 46.1 Å². The Kier molecular flexibility index (Phi) is 8.54. The van der Waals surface area contributed by atoms with Crippen LogP contribution < -0.4 is 11.0 Å². The first-order valence-electron chi connectivity index (χ1n) is 13.2. The molecule has 2 aliphatic heterocycles. The number of fused-ring (bicyclic) bond motifs is 1. The van der Waals surface area contributed by atoms with Gasteiger partial charge in [-0.05, 0) is 52.8 Å². The van der Waals surface area contributed by atoms with Gasteiger partial charge in [0.2, 0.25) is 0 Å². The first kappa shape index (κ1) is 26.4. The van der Waals surface area contributed by atoms with Gasteiger partial charge in [-0.2, -0.15) is 0 Å². The number of nitrogens with one attached hydrogen (secondary N) is 1. The zero-order valence-electron chi connectivity index (χ0n) is 22.3. The lowest BCUT2D eigenvalue weighted by atomic mass is 9.96. The molecule has 2 atom stereocenters. The minimum Gasteiger partial charge on any atom is -0.372 e. The quantitative estimate of drug-likeness (QED) is 0.564. The van der Waals surface area contributed by atoms with Gasteiger partial charge in [0.25, 0.3) is 0 Å². The van der Waals surface area contributed by atoms with Crippen LogP contribution in [-0.2, 0) is 4.74 Å². The number of para-hydroxylation sites is 2. The fourth-order valence-corrected chi connectivity index (χ4v) is 5.44. The lowest BCUT2D eigenvalue weighted by molar-refractivity contribution is 0.00283. The number of piperazine rings is 1. The summed E-state index contributed by atoms with van der Waals surface area (Å²) in [6.45, 7) is 17.0. The summed E-state index contributed by atoms with van der Waals surface area (Å²) < 4.78 is 8.86. The second-order valence-corrected chi connectivity index (χ2v) is 10.6. The predicted molar refractivity (Wildman–Crippen MR) is 143 cm³/mol. The number of nitrogens with zero attached hydrogens (tertiary/aromatic N) is 5. The molecule has 0 spiro atoms. The Bertz CT molecular complexity index is 1110. The van der Waals surface area contributed by atoms with Crippen LogP contribution in [0, 0.1) is 0 Å². The van der Waals surface area contributed by atoms with Crippen LogP contribution in [0.5, 0.6) is 0 Å². The van der Waals surface area contributed by atoms with Gasteiger partial charge in [0.15, 0.2) is 0 Å². The fraction of sp³-hybridized carbons (Fsp3) is 0.630. The largest absolute Gasteiger partial charge is 0.372 e. The van der Waals surface area contributed by atoms with Gasteiger partial charge in [0, 0.05) is 63.0 Å². The van der Waals surface area contributed by atoms with E-state index in [0.29, 0.717) is 18.7 Å². The van der Waals surface area contributed by atoms with E-state index in [-0.39, 0.29) is 29.8 Å². The van der Waals surface area contributed by atoms with Crippen molar-refractivity contribution in [3.63, 3.8) is 0 Å². The Morgan fingerprint density at radius 1 is 1.17 bits per heavy atom. The molecule has 9 nitrogen and oxygen atoms in total. The third-order valence-electron chi connectivity index (χ3n) is 7.43. The number of piperidine rings is 1. The van der Waals surface area contributed by atoms with Crippen molar-refractivity contribution in [2.24, 2.45) is 0 Å². The van der Waals surface area contributed by atoms with Gasteiger partial charge < -0.3 is 19.9 Å². The van der Waals surface area contributed by atoms with Crippen LogP contribution in [0.2, 0.25) is 0 Å². The van der Waals surface area contributed by atoms with Crippen LogP contribution in [0.25, 0.3) is 11.0 Å². The molecule has 3 heterocycles. The molecule has 4 rings (SSSR count). The number of aromatic nitrogens is 2. The van der Waals surface area contributed by atoms with Crippen molar-refractivity contribution < 1.29 is 9.53 Å². The molecular formula is C27H42N6O3. The van der Waals surface area contributed by atoms with E-state index in [1.165, 1.54) is 4.57 Å². The third kappa shape index (κ3) is 5.85. The lowest BCUT2D eigenvalue weighted by Gasteiger charge is -2.41. The number of carbonyl (C=O) groups excluding carboxylic acids is 1. The van der Waals surface area contributed by atoms with Crippen LogP contribution in [0.15, 0.2) is 41.3 Å². The number of likely N-dealkylation sites (N-methyl/N-ethyl adjacent to an activating group) is 1. The molecule has 2 fully saturated rings. The number of rotatable bonds is 8. The minimum atomic E-state index is -0.369. The van der Waals surface area contributed by atoms with Gasteiger partial charge in [-0.1, -0.05) is 18.7 Å². The number of carbonyl (C=O) groups is 1. The molecule has 2 aromatic rings. The van der Waals surface area contributed by atoms with E-state index in [1.54, 1.807) is 4.57 Å². The molecule has 0 bridgehead atoms. The van der Waals surface area contributed by atoms with Crippen molar-refractivity contribution in [1.82, 2.24) is 29.2 Å². The smallest absolute Gasteiger partial charge is 0.337 e. The summed E-state index contributed by atoms with van der Waals surface area (Å²) in [6, 6.07) is 7.25. The van der Waals surface area contributed by atoms with Crippen molar-refractivity contribution in [3.8, 4) is 0 Å².